The summed E-state index contributed by atoms with van der Waals surface area (Å²) in [6.07, 6.45) is 10.3. The van der Waals surface area contributed by atoms with Crippen LogP contribution in [0.1, 0.15) is 82.6 Å². The van der Waals surface area contributed by atoms with Crippen molar-refractivity contribution in [3.63, 3.8) is 0 Å². The van der Waals surface area contributed by atoms with Gasteiger partial charge in [-0.05, 0) is 43.4 Å². The van der Waals surface area contributed by atoms with Gasteiger partial charge in [-0.25, -0.2) is 10.3 Å². The van der Waals surface area contributed by atoms with E-state index in [2.05, 4.69) is 10.8 Å². The zero-order valence-electron chi connectivity index (χ0n) is 22.1. The summed E-state index contributed by atoms with van der Waals surface area (Å²) in [5.74, 6) is -1.25. The average molecular weight is 518 g/mol. The van der Waals surface area contributed by atoms with E-state index in [9.17, 15) is 19.5 Å². The molecular weight excluding hydrogens is 474 g/mol. The third-order valence-electron chi connectivity index (χ3n) is 7.16. The van der Waals surface area contributed by atoms with E-state index in [0.717, 1.165) is 69.8 Å². The van der Waals surface area contributed by atoms with Crippen LogP contribution in [0.15, 0.2) is 24.3 Å². The lowest BCUT2D eigenvalue weighted by molar-refractivity contribution is -0.200. The number of phenols is 1. The second-order valence-corrected chi connectivity index (χ2v) is 10.3. The number of carbonyl (C=O) groups excluding carboxylic acids is 3. The van der Waals surface area contributed by atoms with Crippen LogP contribution in [0.25, 0.3) is 0 Å². The molecule has 2 saturated heterocycles. The summed E-state index contributed by atoms with van der Waals surface area (Å²) in [5, 5.41) is 12.6. The summed E-state index contributed by atoms with van der Waals surface area (Å²) in [7, 11) is 1.77. The lowest BCUT2D eigenvalue weighted by Crippen LogP contribution is -2.50. The molecule has 2 aliphatic rings. The highest BCUT2D eigenvalue weighted by atomic mass is 16.8. The summed E-state index contributed by atoms with van der Waals surface area (Å²) >= 11 is 0. The Bertz CT molecular complexity index is 856. The Morgan fingerprint density at radius 2 is 1.70 bits per heavy atom. The number of hydrogen-bond donors (Lipinski definition) is 3. The monoisotopic (exact) mass is 517 g/mol. The predicted molar refractivity (Wildman–Crippen MR) is 139 cm³/mol. The van der Waals surface area contributed by atoms with Gasteiger partial charge < -0.3 is 20.1 Å². The maximum atomic E-state index is 13.4. The molecule has 0 aliphatic carbocycles. The number of nitrogens with one attached hydrogen (secondary N) is 2. The van der Waals surface area contributed by atoms with Crippen molar-refractivity contribution < 1.29 is 29.1 Å². The van der Waals surface area contributed by atoms with E-state index in [1.165, 1.54) is 0 Å². The van der Waals surface area contributed by atoms with Crippen LogP contribution in [0.2, 0.25) is 0 Å². The van der Waals surface area contributed by atoms with E-state index < -0.39 is 18.2 Å². The molecule has 0 radical (unpaired) electrons. The number of amides is 3. The Morgan fingerprint density at radius 3 is 2.41 bits per heavy atom. The molecule has 3 atom stereocenters. The average Bonchev–Trinajstić information content (AvgIpc) is 2.90. The van der Waals surface area contributed by atoms with Gasteiger partial charge in [0, 0.05) is 45.4 Å². The number of nitrogens with zero attached hydrogens (tertiary/aromatic N) is 1. The SMILES string of the molecule is CN1CCCCCCCCCC(CC(=O)NO[C@H]2CCCCO2)C(=O)NC(Cc2ccc(O)cc2)C1=O. The molecule has 2 aliphatic heterocycles. The lowest BCUT2D eigenvalue weighted by atomic mass is 9.95. The number of aromatic hydroxyl groups is 1. The fourth-order valence-electron chi connectivity index (χ4n) is 4.88. The fraction of sp³-hybridized carbons (Fsp3) is 0.679. The van der Waals surface area contributed by atoms with Crippen molar-refractivity contribution in [1.29, 1.82) is 0 Å². The molecule has 0 bridgehead atoms. The lowest BCUT2D eigenvalue weighted by Gasteiger charge is -2.27. The Morgan fingerprint density at radius 1 is 1.03 bits per heavy atom. The van der Waals surface area contributed by atoms with Gasteiger partial charge in [0.2, 0.25) is 17.7 Å². The van der Waals surface area contributed by atoms with Crippen LogP contribution < -0.4 is 10.8 Å². The van der Waals surface area contributed by atoms with Crippen molar-refractivity contribution in [2.45, 2.75) is 95.8 Å². The molecule has 0 spiro atoms. The van der Waals surface area contributed by atoms with Crippen molar-refractivity contribution in [2.24, 2.45) is 5.92 Å². The highest BCUT2D eigenvalue weighted by molar-refractivity contribution is 5.90. The zero-order chi connectivity index (χ0) is 26.5. The fourth-order valence-corrected chi connectivity index (χ4v) is 4.88. The summed E-state index contributed by atoms with van der Waals surface area (Å²) in [6.45, 7) is 1.24. The van der Waals surface area contributed by atoms with E-state index in [0.29, 0.717) is 26.0 Å². The van der Waals surface area contributed by atoms with E-state index in [-0.39, 0.29) is 29.9 Å². The Kier molecular flexibility index (Phi) is 12.2. The van der Waals surface area contributed by atoms with Crippen LogP contribution in [-0.4, -0.2) is 60.3 Å². The summed E-state index contributed by atoms with van der Waals surface area (Å²) < 4.78 is 5.49. The maximum Gasteiger partial charge on any atom is 0.245 e. The van der Waals surface area contributed by atoms with Gasteiger partial charge in [0.25, 0.3) is 0 Å². The minimum Gasteiger partial charge on any atom is -0.508 e. The number of benzene rings is 1. The first-order valence-electron chi connectivity index (χ1n) is 13.8. The highest BCUT2D eigenvalue weighted by Crippen LogP contribution is 2.19. The van der Waals surface area contributed by atoms with E-state index in [4.69, 9.17) is 9.57 Å². The third kappa shape index (κ3) is 10.3. The molecular formula is C28H43N3O6. The molecule has 2 heterocycles. The second-order valence-electron chi connectivity index (χ2n) is 10.3. The van der Waals surface area contributed by atoms with Crippen LogP contribution in [-0.2, 0) is 30.4 Å². The molecule has 2 unspecified atom stereocenters. The molecule has 3 amide bonds. The molecule has 37 heavy (non-hydrogen) atoms. The van der Waals surface area contributed by atoms with Gasteiger partial charge in [0.05, 0.1) is 0 Å². The molecule has 206 valence electrons. The Balaban J connectivity index is 1.69. The number of hydrogen-bond acceptors (Lipinski definition) is 6. The molecule has 1 aromatic rings. The van der Waals surface area contributed by atoms with Gasteiger partial charge in [-0.3, -0.25) is 14.4 Å². The van der Waals surface area contributed by atoms with Crippen LogP contribution in [0.5, 0.6) is 5.75 Å². The molecule has 9 heteroatoms. The number of rotatable bonds is 6. The molecule has 3 N–H and O–H groups in total. The molecule has 0 aromatic heterocycles. The molecule has 0 saturated carbocycles. The van der Waals surface area contributed by atoms with E-state index in [1.54, 1.807) is 36.2 Å². The van der Waals surface area contributed by atoms with Gasteiger partial charge in [-0.2, -0.15) is 0 Å². The van der Waals surface area contributed by atoms with Crippen LogP contribution >= 0.6 is 0 Å². The van der Waals surface area contributed by atoms with Gasteiger partial charge in [0.15, 0.2) is 6.29 Å². The Hall–Kier alpha value is -2.65. The molecule has 1 aromatic carbocycles. The topological polar surface area (TPSA) is 117 Å². The van der Waals surface area contributed by atoms with Crippen LogP contribution in [0, 0.1) is 5.92 Å². The second kappa shape index (κ2) is 15.6. The summed E-state index contributed by atoms with van der Waals surface area (Å²) in [6, 6.07) is 5.88. The normalized spacial score (nSPS) is 25.0. The van der Waals surface area contributed by atoms with Gasteiger partial charge >= 0.3 is 0 Å². The number of likely N-dealkylation sites (N-methyl/N-ethyl adjacent to an activating group) is 1. The van der Waals surface area contributed by atoms with Crippen LogP contribution in [0.4, 0.5) is 0 Å². The first-order valence-corrected chi connectivity index (χ1v) is 13.8. The third-order valence-corrected chi connectivity index (χ3v) is 7.16. The Labute approximate surface area is 220 Å². The van der Waals surface area contributed by atoms with Crippen LogP contribution in [0.3, 0.4) is 0 Å². The van der Waals surface area contributed by atoms with Crippen molar-refractivity contribution >= 4 is 17.7 Å². The molecule has 9 nitrogen and oxygen atoms in total. The van der Waals surface area contributed by atoms with Crippen molar-refractivity contribution in [3.8, 4) is 5.75 Å². The number of ether oxygens (including phenoxy) is 1. The number of carbonyl (C=O) groups is 3. The quantitative estimate of drug-likeness (QED) is 0.497. The number of phenolic OH excluding ortho intramolecular Hbond substituents is 1. The smallest absolute Gasteiger partial charge is 0.245 e. The number of hydroxylamine groups is 1. The van der Waals surface area contributed by atoms with Gasteiger partial charge in [-0.1, -0.05) is 50.7 Å². The summed E-state index contributed by atoms with van der Waals surface area (Å²) in [5.41, 5.74) is 3.29. The van der Waals surface area contributed by atoms with Gasteiger partial charge in [0.1, 0.15) is 11.8 Å². The van der Waals surface area contributed by atoms with Crippen molar-refractivity contribution in [3.05, 3.63) is 29.8 Å². The summed E-state index contributed by atoms with van der Waals surface area (Å²) in [4.78, 5) is 46.6. The minimum atomic E-state index is -0.760. The van der Waals surface area contributed by atoms with Crippen molar-refractivity contribution in [1.82, 2.24) is 15.7 Å². The highest BCUT2D eigenvalue weighted by Gasteiger charge is 2.29. The first-order chi connectivity index (χ1) is 17.9. The molecule has 2 fully saturated rings. The first kappa shape index (κ1) is 28.9. The predicted octanol–water partition coefficient (Wildman–Crippen LogP) is 3.59. The largest absolute Gasteiger partial charge is 0.508 e. The standard InChI is InChI=1S/C28H43N3O6/c1-31-17-9-6-4-2-3-5-7-11-22(20-25(33)30-37-26-12-8-10-18-36-26)27(34)29-24(28(31)35)19-21-13-15-23(32)16-14-21/h13-16,22,24,26,32H,2-12,17-20H2,1H3,(H,29,34)(H,30,33)/t22?,24?,26-/m0/s1. The molecule has 3 rings (SSSR count). The maximum absolute atomic E-state index is 13.4. The zero-order valence-corrected chi connectivity index (χ0v) is 22.1. The van der Waals surface area contributed by atoms with Crippen molar-refractivity contribution in [2.75, 3.05) is 20.2 Å². The van der Waals surface area contributed by atoms with Gasteiger partial charge in [-0.15, -0.1) is 0 Å². The van der Waals surface area contributed by atoms with E-state index >= 15 is 0 Å². The minimum absolute atomic E-state index is 0.0193. The van der Waals surface area contributed by atoms with E-state index in [1.807, 2.05) is 0 Å².